The maximum absolute atomic E-state index is 12.5. The van der Waals surface area contributed by atoms with Crippen LogP contribution in [-0.2, 0) is 10.0 Å². The Kier molecular flexibility index (Phi) is 4.01. The predicted octanol–water partition coefficient (Wildman–Crippen LogP) is 4.67. The van der Waals surface area contributed by atoms with Gasteiger partial charge < -0.3 is 4.42 Å². The van der Waals surface area contributed by atoms with E-state index in [-0.39, 0.29) is 4.90 Å². The van der Waals surface area contributed by atoms with Gasteiger partial charge in [0.15, 0.2) is 11.7 Å². The molecule has 0 aliphatic heterocycles. The van der Waals surface area contributed by atoms with Crippen molar-refractivity contribution >= 4 is 27.3 Å². The van der Waals surface area contributed by atoms with Crippen LogP contribution in [0, 0.1) is 0 Å². The van der Waals surface area contributed by atoms with Crippen molar-refractivity contribution in [2.45, 2.75) is 23.7 Å². The molecular weight excluding hydrogens is 360 g/mol. The molecule has 1 heterocycles. The third-order valence-electron chi connectivity index (χ3n) is 3.98. The molecule has 1 fully saturated rings. The summed E-state index contributed by atoms with van der Waals surface area (Å²) in [5.74, 6) is 1.85. The standard InChI is InChI=1S/C18H15ClN2O3S/c19-14-2-1-3-15(10-14)21-25(22,23)16-8-6-12(7-9-16)17-11-20-18(24-17)13-4-5-13/h1-3,6-11,13,21H,4-5H2. The summed E-state index contributed by atoms with van der Waals surface area (Å²) in [5.41, 5.74) is 1.21. The van der Waals surface area contributed by atoms with Crippen LogP contribution in [0.3, 0.4) is 0 Å². The molecule has 1 N–H and O–H groups in total. The Morgan fingerprint density at radius 3 is 2.56 bits per heavy atom. The molecule has 25 heavy (non-hydrogen) atoms. The van der Waals surface area contributed by atoms with Crippen LogP contribution in [0.5, 0.6) is 0 Å². The molecule has 7 heteroatoms. The Balaban J connectivity index is 1.55. The maximum atomic E-state index is 12.5. The van der Waals surface area contributed by atoms with Crippen molar-refractivity contribution in [3.63, 3.8) is 0 Å². The van der Waals surface area contributed by atoms with Crippen molar-refractivity contribution in [3.8, 4) is 11.3 Å². The van der Waals surface area contributed by atoms with Gasteiger partial charge in [0.1, 0.15) is 0 Å². The first-order chi connectivity index (χ1) is 12.0. The SMILES string of the molecule is O=S(=O)(Nc1cccc(Cl)c1)c1ccc(-c2cnc(C3CC3)o2)cc1. The molecule has 2 aromatic carbocycles. The summed E-state index contributed by atoms with van der Waals surface area (Å²) in [6.07, 6.45) is 3.92. The van der Waals surface area contributed by atoms with E-state index in [1.54, 1.807) is 54.7 Å². The lowest BCUT2D eigenvalue weighted by molar-refractivity contribution is 0.509. The van der Waals surface area contributed by atoms with Gasteiger partial charge in [-0.1, -0.05) is 17.7 Å². The van der Waals surface area contributed by atoms with Gasteiger partial charge in [-0.25, -0.2) is 13.4 Å². The number of hydrogen-bond acceptors (Lipinski definition) is 4. The molecule has 3 aromatic rings. The van der Waals surface area contributed by atoms with E-state index in [1.807, 2.05) is 0 Å². The number of aromatic nitrogens is 1. The van der Waals surface area contributed by atoms with Gasteiger partial charge >= 0.3 is 0 Å². The fourth-order valence-corrected chi connectivity index (χ4v) is 3.74. The van der Waals surface area contributed by atoms with E-state index >= 15 is 0 Å². The lowest BCUT2D eigenvalue weighted by Gasteiger charge is -2.08. The van der Waals surface area contributed by atoms with Crippen LogP contribution in [-0.4, -0.2) is 13.4 Å². The average molecular weight is 375 g/mol. The van der Waals surface area contributed by atoms with E-state index in [0.29, 0.717) is 22.4 Å². The molecule has 4 rings (SSSR count). The van der Waals surface area contributed by atoms with Crippen molar-refractivity contribution < 1.29 is 12.8 Å². The molecule has 0 radical (unpaired) electrons. The third-order valence-corrected chi connectivity index (χ3v) is 5.61. The minimum Gasteiger partial charge on any atom is -0.440 e. The van der Waals surface area contributed by atoms with Gasteiger partial charge in [-0.15, -0.1) is 0 Å². The zero-order chi connectivity index (χ0) is 17.4. The molecule has 1 aliphatic carbocycles. The highest BCUT2D eigenvalue weighted by Gasteiger charge is 2.28. The van der Waals surface area contributed by atoms with Crippen LogP contribution in [0.2, 0.25) is 5.02 Å². The van der Waals surface area contributed by atoms with Gasteiger partial charge in [-0.05, 0) is 55.3 Å². The van der Waals surface area contributed by atoms with E-state index in [0.717, 1.165) is 24.3 Å². The minimum atomic E-state index is -3.68. The number of nitrogens with zero attached hydrogens (tertiary/aromatic N) is 1. The summed E-state index contributed by atoms with van der Waals surface area (Å²) in [6, 6.07) is 13.1. The zero-order valence-corrected chi connectivity index (χ0v) is 14.7. The Morgan fingerprint density at radius 2 is 1.88 bits per heavy atom. The fraction of sp³-hybridized carbons (Fsp3) is 0.167. The van der Waals surface area contributed by atoms with E-state index in [1.165, 1.54) is 0 Å². The molecule has 0 spiro atoms. The van der Waals surface area contributed by atoms with Crippen LogP contribution in [0.25, 0.3) is 11.3 Å². The molecule has 0 saturated heterocycles. The monoisotopic (exact) mass is 374 g/mol. The van der Waals surface area contributed by atoms with Crippen molar-refractivity contribution in [3.05, 3.63) is 65.6 Å². The highest BCUT2D eigenvalue weighted by atomic mass is 35.5. The second kappa shape index (κ2) is 6.20. The Labute approximate surface area is 150 Å². The zero-order valence-electron chi connectivity index (χ0n) is 13.1. The summed E-state index contributed by atoms with van der Waals surface area (Å²) in [7, 11) is -3.68. The van der Waals surface area contributed by atoms with E-state index in [4.69, 9.17) is 16.0 Å². The van der Waals surface area contributed by atoms with E-state index < -0.39 is 10.0 Å². The Bertz CT molecular complexity index is 1010. The van der Waals surface area contributed by atoms with Gasteiger partial charge in [0.05, 0.1) is 16.8 Å². The summed E-state index contributed by atoms with van der Waals surface area (Å²) in [6.45, 7) is 0. The number of nitrogens with one attached hydrogen (secondary N) is 1. The number of benzene rings is 2. The molecule has 1 saturated carbocycles. The third kappa shape index (κ3) is 3.55. The Morgan fingerprint density at radius 1 is 1.12 bits per heavy atom. The Hall–Kier alpha value is -2.31. The molecule has 0 atom stereocenters. The van der Waals surface area contributed by atoms with Crippen molar-refractivity contribution in [1.82, 2.24) is 4.98 Å². The molecule has 128 valence electrons. The largest absolute Gasteiger partial charge is 0.440 e. The number of halogens is 1. The van der Waals surface area contributed by atoms with Crippen LogP contribution >= 0.6 is 11.6 Å². The van der Waals surface area contributed by atoms with Gasteiger partial charge in [-0.3, -0.25) is 4.72 Å². The minimum absolute atomic E-state index is 0.165. The highest BCUT2D eigenvalue weighted by molar-refractivity contribution is 7.92. The quantitative estimate of drug-likeness (QED) is 0.704. The molecule has 1 aromatic heterocycles. The molecule has 0 bridgehead atoms. The lowest BCUT2D eigenvalue weighted by atomic mass is 10.2. The van der Waals surface area contributed by atoms with Crippen molar-refractivity contribution in [2.24, 2.45) is 0 Å². The normalized spacial score (nSPS) is 14.4. The van der Waals surface area contributed by atoms with Gasteiger partial charge in [-0.2, -0.15) is 0 Å². The van der Waals surface area contributed by atoms with Crippen molar-refractivity contribution in [1.29, 1.82) is 0 Å². The van der Waals surface area contributed by atoms with Gasteiger partial charge in [0, 0.05) is 16.5 Å². The summed E-state index contributed by atoms with van der Waals surface area (Å²) < 4.78 is 33.2. The van der Waals surface area contributed by atoms with Crippen LogP contribution in [0.4, 0.5) is 5.69 Å². The number of rotatable bonds is 5. The lowest BCUT2D eigenvalue weighted by Crippen LogP contribution is -2.12. The van der Waals surface area contributed by atoms with Crippen molar-refractivity contribution in [2.75, 3.05) is 4.72 Å². The average Bonchev–Trinajstić information content (AvgIpc) is 3.32. The van der Waals surface area contributed by atoms with E-state index in [9.17, 15) is 8.42 Å². The first kappa shape index (κ1) is 16.2. The number of sulfonamides is 1. The highest BCUT2D eigenvalue weighted by Crippen LogP contribution is 2.40. The molecular formula is C18H15ClN2O3S. The topological polar surface area (TPSA) is 72.2 Å². The molecule has 5 nitrogen and oxygen atoms in total. The summed E-state index contributed by atoms with van der Waals surface area (Å²) in [5, 5.41) is 0.465. The van der Waals surface area contributed by atoms with Crippen LogP contribution in [0.15, 0.2) is 64.0 Å². The van der Waals surface area contributed by atoms with Crippen LogP contribution in [0.1, 0.15) is 24.7 Å². The first-order valence-corrected chi connectivity index (χ1v) is 9.72. The fourth-order valence-electron chi connectivity index (χ4n) is 2.50. The predicted molar refractivity (Wildman–Crippen MR) is 96.2 cm³/mol. The number of hydrogen-bond donors (Lipinski definition) is 1. The maximum Gasteiger partial charge on any atom is 0.261 e. The molecule has 0 unspecified atom stereocenters. The summed E-state index contributed by atoms with van der Waals surface area (Å²) >= 11 is 5.89. The smallest absolute Gasteiger partial charge is 0.261 e. The summed E-state index contributed by atoms with van der Waals surface area (Å²) in [4.78, 5) is 4.45. The number of anilines is 1. The van der Waals surface area contributed by atoms with E-state index in [2.05, 4.69) is 9.71 Å². The van der Waals surface area contributed by atoms with Gasteiger partial charge in [0.2, 0.25) is 0 Å². The second-order valence-corrected chi connectivity index (χ2v) is 8.10. The molecule has 1 aliphatic rings. The number of oxazole rings is 1. The first-order valence-electron chi connectivity index (χ1n) is 7.86. The second-order valence-electron chi connectivity index (χ2n) is 5.98. The van der Waals surface area contributed by atoms with Gasteiger partial charge in [0.25, 0.3) is 10.0 Å². The molecule has 0 amide bonds. The van der Waals surface area contributed by atoms with Crippen LogP contribution < -0.4 is 4.72 Å².